The monoisotopic (exact) mass is 443 g/mol. The van der Waals surface area contributed by atoms with E-state index in [1.54, 1.807) is 40.0 Å². The molecule has 1 heterocycles. The van der Waals surface area contributed by atoms with Crippen molar-refractivity contribution in [3.63, 3.8) is 0 Å². The molecule has 172 valence electrons. The molecule has 0 spiro atoms. The normalized spacial score (nSPS) is 20.2. The number of ketones is 1. The van der Waals surface area contributed by atoms with Gasteiger partial charge in [0.2, 0.25) is 0 Å². The minimum atomic E-state index is -0.834. The van der Waals surface area contributed by atoms with Crippen LogP contribution >= 0.6 is 0 Å². The van der Waals surface area contributed by atoms with Gasteiger partial charge in [0.15, 0.2) is 5.78 Å². The van der Waals surface area contributed by atoms with Crippen molar-refractivity contribution in [2.75, 3.05) is 20.8 Å². The lowest BCUT2D eigenvalue weighted by atomic mass is 9.92. The van der Waals surface area contributed by atoms with Crippen molar-refractivity contribution in [2.45, 2.75) is 51.4 Å². The van der Waals surface area contributed by atoms with E-state index in [0.717, 1.165) is 16.7 Å². The highest BCUT2D eigenvalue weighted by Gasteiger charge is 2.43. The van der Waals surface area contributed by atoms with Crippen molar-refractivity contribution in [2.24, 2.45) is 0 Å². The molecule has 1 aliphatic carbocycles. The minimum Gasteiger partial charge on any atom is -0.496 e. The summed E-state index contributed by atoms with van der Waals surface area (Å²) in [6.07, 6.45) is 2.43. The molecular weight excluding hydrogens is 414 g/mol. The second-order valence-corrected chi connectivity index (χ2v) is 8.75. The highest BCUT2D eigenvalue weighted by molar-refractivity contribution is 6.01. The minimum absolute atomic E-state index is 0.104. The van der Waals surface area contributed by atoms with Crippen molar-refractivity contribution in [3.8, 4) is 5.75 Å². The molecule has 0 unspecified atom stereocenters. The third-order valence-corrected chi connectivity index (χ3v) is 5.26. The smallest absolute Gasteiger partial charge is 0.411 e. The van der Waals surface area contributed by atoms with Crippen LogP contribution < -0.4 is 4.74 Å². The summed E-state index contributed by atoms with van der Waals surface area (Å²) in [5.74, 6) is 0.360. The molecule has 1 amide bonds. The van der Waals surface area contributed by atoms with Crippen molar-refractivity contribution in [1.82, 2.24) is 4.90 Å². The zero-order chi connectivity index (χ0) is 23.6. The number of hydrogen-bond acceptors (Lipinski definition) is 7. The number of allylic oxidation sites excluding steroid dienone is 1. The fourth-order valence-electron chi connectivity index (χ4n) is 3.85. The molecule has 0 bridgehead atoms. The Hall–Kier alpha value is -3.29. The summed E-state index contributed by atoms with van der Waals surface area (Å²) in [7, 11) is 2.83. The summed E-state index contributed by atoms with van der Waals surface area (Å²) < 4.78 is 21.9. The average molecular weight is 443 g/mol. The van der Waals surface area contributed by atoms with Crippen molar-refractivity contribution in [1.29, 1.82) is 0 Å². The van der Waals surface area contributed by atoms with Crippen molar-refractivity contribution < 1.29 is 33.3 Å². The lowest BCUT2D eigenvalue weighted by Crippen LogP contribution is -2.44. The zero-order valence-corrected chi connectivity index (χ0v) is 19.1. The van der Waals surface area contributed by atoms with Gasteiger partial charge >= 0.3 is 12.1 Å². The highest BCUT2D eigenvalue weighted by atomic mass is 16.6. The van der Waals surface area contributed by atoms with Crippen LogP contribution in [0.2, 0.25) is 0 Å². The topological polar surface area (TPSA) is 91.4 Å². The molecule has 3 rings (SSSR count). The first-order valence-corrected chi connectivity index (χ1v) is 10.4. The number of benzene rings is 1. The molecule has 1 aromatic carbocycles. The van der Waals surface area contributed by atoms with Crippen LogP contribution in [0.25, 0.3) is 11.8 Å². The predicted octanol–water partition coefficient (Wildman–Crippen LogP) is 3.37. The molecule has 8 heteroatoms. The second kappa shape index (κ2) is 9.06. The van der Waals surface area contributed by atoms with E-state index in [4.69, 9.17) is 18.9 Å². The summed E-state index contributed by atoms with van der Waals surface area (Å²) >= 11 is 0. The van der Waals surface area contributed by atoms with Gasteiger partial charge in [-0.2, -0.15) is 0 Å². The van der Waals surface area contributed by atoms with Gasteiger partial charge in [-0.15, -0.1) is 0 Å². The summed E-state index contributed by atoms with van der Waals surface area (Å²) in [5.41, 5.74) is 1.59. The van der Waals surface area contributed by atoms with Gasteiger partial charge in [0.05, 0.1) is 20.8 Å². The van der Waals surface area contributed by atoms with Crippen molar-refractivity contribution in [3.05, 3.63) is 41.5 Å². The van der Waals surface area contributed by atoms with E-state index >= 15 is 0 Å². The number of likely N-dealkylation sites (tertiary alicyclic amines) is 1. The Balaban J connectivity index is 1.87. The molecular formula is C24H29NO7. The Morgan fingerprint density at radius 2 is 1.94 bits per heavy atom. The Morgan fingerprint density at radius 1 is 1.22 bits per heavy atom. The lowest BCUT2D eigenvalue weighted by Gasteiger charge is -2.27. The highest BCUT2D eigenvalue weighted by Crippen LogP contribution is 2.35. The largest absolute Gasteiger partial charge is 0.496 e. The molecule has 32 heavy (non-hydrogen) atoms. The van der Waals surface area contributed by atoms with Crippen LogP contribution in [0.4, 0.5) is 4.79 Å². The first-order valence-electron chi connectivity index (χ1n) is 10.4. The van der Waals surface area contributed by atoms with Gasteiger partial charge in [0.25, 0.3) is 0 Å². The van der Waals surface area contributed by atoms with Gasteiger partial charge in [-0.1, -0.05) is 12.7 Å². The summed E-state index contributed by atoms with van der Waals surface area (Å²) in [5, 5.41) is 0. The Kier molecular flexibility index (Phi) is 6.62. The molecule has 8 nitrogen and oxygen atoms in total. The van der Waals surface area contributed by atoms with Crippen LogP contribution in [0.1, 0.15) is 43.9 Å². The number of carbonyl (C=O) groups excluding carboxylic acids is 3. The number of amides is 1. The van der Waals surface area contributed by atoms with E-state index < -0.39 is 29.8 Å². The molecule has 1 saturated heterocycles. The van der Waals surface area contributed by atoms with Gasteiger partial charge in [-0.05, 0) is 38.5 Å². The average Bonchev–Trinajstić information content (AvgIpc) is 3.15. The number of hydrogen-bond donors (Lipinski definition) is 0. The molecule has 2 aliphatic rings. The number of esters is 1. The first kappa shape index (κ1) is 23.4. The molecule has 0 aromatic heterocycles. The summed E-state index contributed by atoms with van der Waals surface area (Å²) in [4.78, 5) is 38.6. The van der Waals surface area contributed by atoms with Gasteiger partial charge in [0, 0.05) is 30.0 Å². The SMILES string of the molecule is C=Cc1cc2c(cc1OC)CC(=O)C=C2O[C@@H]1C[C@H](C(=O)OC)N(C(=O)OC(C)(C)C)C1. The van der Waals surface area contributed by atoms with Crippen LogP contribution in [-0.2, 0) is 30.2 Å². The maximum Gasteiger partial charge on any atom is 0.411 e. The van der Waals surface area contributed by atoms with E-state index in [9.17, 15) is 14.4 Å². The fourth-order valence-corrected chi connectivity index (χ4v) is 3.85. The molecule has 1 fully saturated rings. The first-order chi connectivity index (χ1) is 15.1. The van der Waals surface area contributed by atoms with E-state index in [1.165, 1.54) is 18.1 Å². The summed E-state index contributed by atoms with van der Waals surface area (Å²) in [6, 6.07) is 2.83. The van der Waals surface area contributed by atoms with Crippen LogP contribution in [0.15, 0.2) is 24.8 Å². The molecule has 0 radical (unpaired) electrons. The molecule has 1 aromatic rings. The Morgan fingerprint density at radius 3 is 2.53 bits per heavy atom. The van der Waals surface area contributed by atoms with Crippen LogP contribution in [0.3, 0.4) is 0 Å². The quantitative estimate of drug-likeness (QED) is 0.645. The maximum absolute atomic E-state index is 12.7. The predicted molar refractivity (Wildman–Crippen MR) is 118 cm³/mol. The number of rotatable bonds is 5. The zero-order valence-electron chi connectivity index (χ0n) is 19.1. The van der Waals surface area contributed by atoms with E-state index in [1.807, 2.05) is 6.07 Å². The number of methoxy groups -OCH3 is 2. The van der Waals surface area contributed by atoms with E-state index in [0.29, 0.717) is 11.5 Å². The van der Waals surface area contributed by atoms with Crippen LogP contribution in [-0.4, -0.2) is 61.3 Å². The fraction of sp³-hybridized carbons (Fsp3) is 0.458. The standard InChI is InChI=1S/C24H29NO7/c1-7-14-9-18-15(10-20(14)29-5)8-16(26)11-21(18)31-17-12-19(22(27)30-6)25(13-17)23(28)32-24(2,3)4/h7,9-11,17,19H,1,8,12-13H2,2-6H3/t17-,19-/m1/s1. The maximum atomic E-state index is 12.7. The van der Waals surface area contributed by atoms with Crippen LogP contribution in [0, 0.1) is 0 Å². The lowest BCUT2D eigenvalue weighted by molar-refractivity contribution is -0.145. The number of fused-ring (bicyclic) bond motifs is 1. The third kappa shape index (κ3) is 4.95. The van der Waals surface area contributed by atoms with Crippen LogP contribution in [0.5, 0.6) is 5.75 Å². The van der Waals surface area contributed by atoms with Crippen molar-refractivity contribution >= 4 is 29.7 Å². The number of ether oxygens (including phenoxy) is 4. The molecule has 0 N–H and O–H groups in total. The Bertz CT molecular complexity index is 973. The third-order valence-electron chi connectivity index (χ3n) is 5.26. The van der Waals surface area contributed by atoms with Gasteiger partial charge < -0.3 is 18.9 Å². The van der Waals surface area contributed by atoms with Gasteiger partial charge in [-0.3, -0.25) is 9.69 Å². The van der Waals surface area contributed by atoms with E-state index in [-0.39, 0.29) is 25.2 Å². The summed E-state index contributed by atoms with van der Waals surface area (Å²) in [6.45, 7) is 9.20. The molecule has 0 saturated carbocycles. The number of nitrogens with zero attached hydrogens (tertiary/aromatic N) is 1. The molecule has 2 atom stereocenters. The molecule has 1 aliphatic heterocycles. The van der Waals surface area contributed by atoms with Gasteiger partial charge in [-0.25, -0.2) is 9.59 Å². The second-order valence-electron chi connectivity index (χ2n) is 8.75. The number of carbonyl (C=O) groups is 3. The Labute approximate surface area is 187 Å². The van der Waals surface area contributed by atoms with E-state index in [2.05, 4.69) is 6.58 Å². The van der Waals surface area contributed by atoms with Gasteiger partial charge in [0.1, 0.15) is 29.3 Å².